The first-order valence-electron chi connectivity index (χ1n) is 5.53. The Morgan fingerprint density at radius 1 is 0.650 bits per heavy atom. The molecule has 0 aromatic heterocycles. The van der Waals surface area contributed by atoms with Crippen LogP contribution in [0, 0.1) is 0 Å². The van der Waals surface area contributed by atoms with Crippen LogP contribution in [0.3, 0.4) is 0 Å². The van der Waals surface area contributed by atoms with Gasteiger partial charge in [-0.15, -0.1) is 0 Å². The van der Waals surface area contributed by atoms with Crippen molar-refractivity contribution in [1.82, 2.24) is 0 Å². The molecule has 20 heavy (non-hydrogen) atoms. The lowest BCUT2D eigenvalue weighted by Gasteiger charge is -1.97. The van der Waals surface area contributed by atoms with Gasteiger partial charge in [0.1, 0.15) is 0 Å². The van der Waals surface area contributed by atoms with E-state index in [1.54, 1.807) is 48.8 Å². The average Bonchev–Trinajstić information content (AvgIpc) is 2.39. The van der Waals surface area contributed by atoms with Crippen molar-refractivity contribution < 1.29 is 0 Å². The molecule has 0 atom stereocenters. The van der Waals surface area contributed by atoms with Crippen LogP contribution in [-0.4, -0.2) is 12.4 Å². The topological polar surface area (TPSA) is 24.7 Å². The molecule has 2 aromatic rings. The van der Waals surface area contributed by atoms with Gasteiger partial charge in [0, 0.05) is 21.2 Å². The minimum Gasteiger partial charge on any atom is -0.158 e. The van der Waals surface area contributed by atoms with Gasteiger partial charge < -0.3 is 0 Å². The molecule has 0 bridgehead atoms. The van der Waals surface area contributed by atoms with Crippen molar-refractivity contribution >= 4 is 58.8 Å². The van der Waals surface area contributed by atoms with E-state index in [0.717, 1.165) is 11.1 Å². The van der Waals surface area contributed by atoms with Gasteiger partial charge in [0.2, 0.25) is 0 Å². The molecule has 0 heterocycles. The predicted octanol–water partition coefficient (Wildman–Crippen LogP) is 5.75. The molecule has 6 heteroatoms. The highest BCUT2D eigenvalue weighted by molar-refractivity contribution is 6.36. The second-order valence-corrected chi connectivity index (χ2v) is 5.51. The Morgan fingerprint density at radius 2 is 1.05 bits per heavy atom. The molecule has 102 valence electrons. The van der Waals surface area contributed by atoms with Gasteiger partial charge in [-0.2, -0.15) is 10.2 Å². The summed E-state index contributed by atoms with van der Waals surface area (Å²) in [6, 6.07) is 10.3. The maximum atomic E-state index is 6.00. The first kappa shape index (κ1) is 15.3. The van der Waals surface area contributed by atoms with E-state index in [0.29, 0.717) is 20.1 Å². The second-order valence-electron chi connectivity index (χ2n) is 3.82. The number of nitrogens with zero attached hydrogens (tertiary/aromatic N) is 2. The van der Waals surface area contributed by atoms with Gasteiger partial charge in [-0.05, 0) is 24.3 Å². The van der Waals surface area contributed by atoms with Crippen LogP contribution >= 0.6 is 46.4 Å². The molecule has 0 aliphatic rings. The molecule has 0 fully saturated rings. The molecular weight excluding hydrogens is 338 g/mol. The van der Waals surface area contributed by atoms with Gasteiger partial charge in [0.25, 0.3) is 0 Å². The van der Waals surface area contributed by atoms with E-state index in [-0.39, 0.29) is 0 Å². The Bertz CT molecular complexity index is 621. The average molecular weight is 346 g/mol. The second kappa shape index (κ2) is 7.09. The van der Waals surface area contributed by atoms with Crippen molar-refractivity contribution in [2.45, 2.75) is 0 Å². The summed E-state index contributed by atoms with van der Waals surface area (Å²) in [6.07, 6.45) is 3.08. The Balaban J connectivity index is 2.11. The minimum absolute atomic E-state index is 0.515. The van der Waals surface area contributed by atoms with Gasteiger partial charge >= 0.3 is 0 Å². The van der Waals surface area contributed by atoms with Crippen molar-refractivity contribution in [3.8, 4) is 0 Å². The van der Waals surface area contributed by atoms with Crippen LogP contribution in [0.25, 0.3) is 0 Å². The lowest BCUT2D eigenvalue weighted by Crippen LogP contribution is -1.84. The fraction of sp³-hybridized carbons (Fsp3) is 0. The molecule has 0 unspecified atom stereocenters. The fourth-order valence-corrected chi connectivity index (χ4v) is 2.32. The Kier molecular flexibility index (Phi) is 5.44. The largest absolute Gasteiger partial charge is 0.158 e. The smallest absolute Gasteiger partial charge is 0.0583 e. The zero-order valence-electron chi connectivity index (χ0n) is 10.0. The molecule has 0 aliphatic carbocycles. The van der Waals surface area contributed by atoms with Gasteiger partial charge in [0.05, 0.1) is 22.5 Å². The van der Waals surface area contributed by atoms with Crippen LogP contribution in [0.4, 0.5) is 0 Å². The molecule has 0 saturated carbocycles. The zero-order valence-corrected chi connectivity index (χ0v) is 13.0. The van der Waals surface area contributed by atoms with Crippen molar-refractivity contribution in [2.24, 2.45) is 10.2 Å². The van der Waals surface area contributed by atoms with Crippen LogP contribution in [0.1, 0.15) is 11.1 Å². The van der Waals surface area contributed by atoms with E-state index in [9.17, 15) is 0 Å². The number of benzene rings is 2. The Morgan fingerprint density at radius 3 is 1.40 bits per heavy atom. The lowest BCUT2D eigenvalue weighted by atomic mass is 10.2. The number of halogens is 4. The van der Waals surface area contributed by atoms with E-state index in [2.05, 4.69) is 10.2 Å². The third kappa shape index (κ3) is 4.22. The lowest BCUT2D eigenvalue weighted by molar-refractivity contribution is 1.26. The molecular formula is C14H8Cl4N2. The zero-order chi connectivity index (χ0) is 14.5. The predicted molar refractivity (Wildman–Crippen MR) is 88.1 cm³/mol. The summed E-state index contributed by atoms with van der Waals surface area (Å²) in [5.41, 5.74) is 1.46. The maximum absolute atomic E-state index is 6.00. The molecule has 0 N–H and O–H groups in total. The summed E-state index contributed by atoms with van der Waals surface area (Å²) in [5.74, 6) is 0. The summed E-state index contributed by atoms with van der Waals surface area (Å²) in [4.78, 5) is 0. The third-order valence-corrected chi connectivity index (χ3v) is 3.51. The van der Waals surface area contributed by atoms with Crippen LogP contribution < -0.4 is 0 Å². The normalized spacial score (nSPS) is 11.6. The standard InChI is InChI=1S/C14H8Cl4N2/c15-11-3-1-9(13(17)5-11)7-19-20-8-10-2-4-12(16)6-14(10)18/h1-8H/b19-7-,20-8+. The van der Waals surface area contributed by atoms with Gasteiger partial charge in [-0.3, -0.25) is 0 Å². The first-order chi connectivity index (χ1) is 9.56. The van der Waals surface area contributed by atoms with Gasteiger partial charge in [-0.25, -0.2) is 0 Å². The summed E-state index contributed by atoms with van der Waals surface area (Å²) in [5, 5.41) is 10.0. The summed E-state index contributed by atoms with van der Waals surface area (Å²) >= 11 is 23.6. The van der Waals surface area contributed by atoms with Crippen LogP contribution in [0.15, 0.2) is 46.6 Å². The third-order valence-electron chi connectivity index (χ3n) is 2.39. The summed E-state index contributed by atoms with van der Waals surface area (Å²) in [7, 11) is 0. The Hall–Kier alpha value is -1.06. The quantitative estimate of drug-likeness (QED) is 0.499. The van der Waals surface area contributed by atoms with E-state index in [1.165, 1.54) is 0 Å². The molecule has 2 rings (SSSR count). The monoisotopic (exact) mass is 344 g/mol. The van der Waals surface area contributed by atoms with Crippen LogP contribution in [0.5, 0.6) is 0 Å². The van der Waals surface area contributed by atoms with Crippen LogP contribution in [0.2, 0.25) is 20.1 Å². The molecule has 0 amide bonds. The SMILES string of the molecule is Clc1ccc(/C=N\N=C\c2ccc(Cl)cc2Cl)c(Cl)c1. The summed E-state index contributed by atoms with van der Waals surface area (Å²) < 4.78 is 0. The molecule has 0 spiro atoms. The Labute approximate surface area is 136 Å². The minimum atomic E-state index is 0.515. The molecule has 0 radical (unpaired) electrons. The van der Waals surface area contributed by atoms with Crippen molar-refractivity contribution in [1.29, 1.82) is 0 Å². The van der Waals surface area contributed by atoms with Crippen molar-refractivity contribution in [3.05, 3.63) is 67.6 Å². The van der Waals surface area contributed by atoms with E-state index < -0.39 is 0 Å². The number of hydrogen-bond donors (Lipinski definition) is 0. The van der Waals surface area contributed by atoms with E-state index >= 15 is 0 Å². The fourth-order valence-electron chi connectivity index (χ4n) is 1.40. The van der Waals surface area contributed by atoms with E-state index in [1.807, 2.05) is 0 Å². The number of rotatable bonds is 3. The highest BCUT2D eigenvalue weighted by atomic mass is 35.5. The highest BCUT2D eigenvalue weighted by Gasteiger charge is 1.98. The van der Waals surface area contributed by atoms with Gasteiger partial charge in [-0.1, -0.05) is 58.5 Å². The highest BCUT2D eigenvalue weighted by Crippen LogP contribution is 2.20. The molecule has 0 saturated heterocycles. The van der Waals surface area contributed by atoms with Crippen LogP contribution in [-0.2, 0) is 0 Å². The molecule has 2 nitrogen and oxygen atoms in total. The van der Waals surface area contributed by atoms with E-state index in [4.69, 9.17) is 46.4 Å². The van der Waals surface area contributed by atoms with Crippen molar-refractivity contribution in [2.75, 3.05) is 0 Å². The summed E-state index contributed by atoms with van der Waals surface area (Å²) in [6.45, 7) is 0. The van der Waals surface area contributed by atoms with Crippen molar-refractivity contribution in [3.63, 3.8) is 0 Å². The first-order valence-corrected chi connectivity index (χ1v) is 7.04. The maximum Gasteiger partial charge on any atom is 0.0583 e. The molecule has 2 aromatic carbocycles. The number of hydrogen-bond acceptors (Lipinski definition) is 2. The van der Waals surface area contributed by atoms with Gasteiger partial charge in [0.15, 0.2) is 0 Å². The molecule has 0 aliphatic heterocycles.